The summed E-state index contributed by atoms with van der Waals surface area (Å²) in [4.78, 5) is 27.4. The molecule has 1 aliphatic rings. The van der Waals surface area contributed by atoms with Gasteiger partial charge in [0.25, 0.3) is 0 Å². The van der Waals surface area contributed by atoms with Crippen molar-refractivity contribution < 1.29 is 23.8 Å². The Labute approximate surface area is 210 Å². The number of carbonyl (C=O) groups is 2. The molecule has 0 saturated carbocycles. The van der Waals surface area contributed by atoms with E-state index in [4.69, 9.17) is 4.74 Å². The van der Waals surface area contributed by atoms with Crippen LogP contribution < -0.4 is 0 Å². The number of piperidine rings is 1. The lowest BCUT2D eigenvalue weighted by atomic mass is 9.88. The molecule has 1 amide bonds. The van der Waals surface area contributed by atoms with Gasteiger partial charge >= 0.3 is 5.97 Å². The highest BCUT2D eigenvalue weighted by atomic mass is 19.1. The van der Waals surface area contributed by atoms with Gasteiger partial charge in [0.05, 0.1) is 18.6 Å². The fourth-order valence-corrected chi connectivity index (χ4v) is 4.49. The molecule has 1 N–H and O–H groups in total. The summed E-state index contributed by atoms with van der Waals surface area (Å²) in [5.74, 6) is 3.82. The van der Waals surface area contributed by atoms with Gasteiger partial charge in [0.15, 0.2) is 0 Å². The standard InChI is InChI=1S/C30H28FNO4/c31-25-16-14-22(15-17-25)9-7-8-20-36-26-18-19-32(27(21-26)30(34)35)29(33)28(23-10-3-1-4-11-23)24-12-5-2-6-13-24/h1-6,10-17,26-28H,8,18-21H2,(H,34,35)/t26-,27+/m1/s1. The third-order valence-corrected chi connectivity index (χ3v) is 6.29. The van der Waals surface area contributed by atoms with Crippen molar-refractivity contribution in [3.8, 4) is 11.8 Å². The molecule has 36 heavy (non-hydrogen) atoms. The molecular formula is C30H28FNO4. The van der Waals surface area contributed by atoms with Crippen molar-refractivity contribution in [1.82, 2.24) is 4.90 Å². The monoisotopic (exact) mass is 485 g/mol. The number of amides is 1. The first-order valence-electron chi connectivity index (χ1n) is 12.0. The summed E-state index contributed by atoms with van der Waals surface area (Å²) in [5.41, 5.74) is 2.38. The normalized spacial score (nSPS) is 17.3. The van der Waals surface area contributed by atoms with E-state index in [-0.39, 0.29) is 24.2 Å². The highest BCUT2D eigenvalue weighted by Crippen LogP contribution is 2.30. The van der Waals surface area contributed by atoms with Crippen molar-refractivity contribution >= 4 is 11.9 Å². The molecule has 1 heterocycles. The lowest BCUT2D eigenvalue weighted by molar-refractivity contribution is -0.156. The Balaban J connectivity index is 1.40. The molecule has 0 radical (unpaired) electrons. The number of nitrogens with zero attached hydrogens (tertiary/aromatic N) is 1. The number of carboxylic acids is 1. The van der Waals surface area contributed by atoms with Gasteiger partial charge in [0.1, 0.15) is 11.9 Å². The Morgan fingerprint density at radius 2 is 1.58 bits per heavy atom. The Morgan fingerprint density at radius 1 is 0.972 bits per heavy atom. The number of carbonyl (C=O) groups excluding carboxylic acids is 1. The summed E-state index contributed by atoms with van der Waals surface area (Å²) in [6.45, 7) is 0.660. The van der Waals surface area contributed by atoms with Crippen molar-refractivity contribution in [3.05, 3.63) is 107 Å². The fraction of sp³-hybridized carbons (Fsp3) is 0.267. The van der Waals surface area contributed by atoms with Crippen LogP contribution in [0.25, 0.3) is 0 Å². The maximum absolute atomic E-state index is 13.8. The number of ether oxygens (including phenoxy) is 1. The summed E-state index contributed by atoms with van der Waals surface area (Å²) < 4.78 is 18.9. The van der Waals surface area contributed by atoms with Gasteiger partial charge in [-0.05, 0) is 41.8 Å². The van der Waals surface area contributed by atoms with E-state index < -0.39 is 17.9 Å². The first-order chi connectivity index (χ1) is 17.5. The molecule has 0 aliphatic carbocycles. The van der Waals surface area contributed by atoms with E-state index in [1.165, 1.54) is 17.0 Å². The Kier molecular flexibility index (Phi) is 8.48. The molecule has 2 atom stereocenters. The van der Waals surface area contributed by atoms with Crippen LogP contribution in [-0.2, 0) is 14.3 Å². The van der Waals surface area contributed by atoms with Crippen LogP contribution in [0.2, 0.25) is 0 Å². The third kappa shape index (κ3) is 6.38. The molecule has 1 saturated heterocycles. The maximum atomic E-state index is 13.8. The minimum absolute atomic E-state index is 0.219. The van der Waals surface area contributed by atoms with E-state index in [0.717, 1.165) is 16.7 Å². The lowest BCUT2D eigenvalue weighted by Gasteiger charge is -2.39. The second-order valence-corrected chi connectivity index (χ2v) is 8.72. The largest absolute Gasteiger partial charge is 0.480 e. The fourth-order valence-electron chi connectivity index (χ4n) is 4.49. The van der Waals surface area contributed by atoms with Gasteiger partial charge in [-0.3, -0.25) is 4.79 Å². The predicted octanol–water partition coefficient (Wildman–Crippen LogP) is 4.86. The molecule has 0 unspecified atom stereocenters. The van der Waals surface area contributed by atoms with Crippen LogP contribution in [0.3, 0.4) is 0 Å². The molecule has 3 aromatic rings. The highest BCUT2D eigenvalue weighted by Gasteiger charge is 2.39. The van der Waals surface area contributed by atoms with Crippen molar-refractivity contribution in [2.75, 3.05) is 13.2 Å². The quantitative estimate of drug-likeness (QED) is 0.383. The van der Waals surface area contributed by atoms with Crippen LogP contribution in [0.4, 0.5) is 4.39 Å². The smallest absolute Gasteiger partial charge is 0.326 e. The number of rotatable bonds is 7. The van der Waals surface area contributed by atoms with E-state index in [2.05, 4.69) is 11.8 Å². The van der Waals surface area contributed by atoms with Crippen LogP contribution in [0.15, 0.2) is 84.9 Å². The van der Waals surface area contributed by atoms with Gasteiger partial charge in [-0.2, -0.15) is 0 Å². The van der Waals surface area contributed by atoms with Crippen molar-refractivity contribution in [2.24, 2.45) is 0 Å². The summed E-state index contributed by atoms with van der Waals surface area (Å²) in [6, 6.07) is 23.9. The van der Waals surface area contributed by atoms with Gasteiger partial charge < -0.3 is 14.7 Å². The topological polar surface area (TPSA) is 66.8 Å². The number of carboxylic acid groups (broad SMARTS) is 1. The molecule has 5 nitrogen and oxygen atoms in total. The van der Waals surface area contributed by atoms with E-state index in [1.807, 2.05) is 60.7 Å². The van der Waals surface area contributed by atoms with Crippen LogP contribution in [0.1, 0.15) is 41.9 Å². The summed E-state index contributed by atoms with van der Waals surface area (Å²) in [7, 11) is 0. The number of aliphatic carboxylic acids is 1. The number of likely N-dealkylation sites (tertiary alicyclic amines) is 1. The highest BCUT2D eigenvalue weighted by molar-refractivity contribution is 5.91. The van der Waals surface area contributed by atoms with E-state index in [9.17, 15) is 19.1 Å². The number of hydrogen-bond acceptors (Lipinski definition) is 3. The van der Waals surface area contributed by atoms with Crippen LogP contribution in [-0.4, -0.2) is 47.2 Å². The second-order valence-electron chi connectivity index (χ2n) is 8.72. The molecule has 0 aromatic heterocycles. The number of halogens is 1. The summed E-state index contributed by atoms with van der Waals surface area (Å²) >= 11 is 0. The van der Waals surface area contributed by atoms with Gasteiger partial charge in [-0.25, -0.2) is 9.18 Å². The van der Waals surface area contributed by atoms with Crippen LogP contribution in [0, 0.1) is 17.7 Å². The molecule has 1 fully saturated rings. The summed E-state index contributed by atoms with van der Waals surface area (Å²) in [5, 5.41) is 9.95. The zero-order chi connectivity index (χ0) is 25.3. The molecular weight excluding hydrogens is 457 g/mol. The van der Waals surface area contributed by atoms with Crippen molar-refractivity contribution in [2.45, 2.75) is 37.3 Å². The van der Waals surface area contributed by atoms with Crippen molar-refractivity contribution in [3.63, 3.8) is 0 Å². The van der Waals surface area contributed by atoms with Gasteiger partial charge in [-0.15, -0.1) is 0 Å². The predicted molar refractivity (Wildman–Crippen MR) is 135 cm³/mol. The molecule has 6 heteroatoms. The Hall–Kier alpha value is -3.95. The Morgan fingerprint density at radius 3 is 2.17 bits per heavy atom. The van der Waals surface area contributed by atoms with Gasteiger partial charge in [0.2, 0.25) is 5.91 Å². The zero-order valence-corrected chi connectivity index (χ0v) is 19.8. The van der Waals surface area contributed by atoms with E-state index in [1.54, 1.807) is 12.1 Å². The number of hydrogen-bond donors (Lipinski definition) is 1. The number of benzene rings is 3. The first-order valence-corrected chi connectivity index (χ1v) is 12.0. The van der Waals surface area contributed by atoms with Crippen molar-refractivity contribution in [1.29, 1.82) is 0 Å². The molecule has 1 aliphatic heterocycles. The minimum atomic E-state index is -1.03. The van der Waals surface area contributed by atoms with Gasteiger partial charge in [0, 0.05) is 24.9 Å². The van der Waals surface area contributed by atoms with Crippen LogP contribution >= 0.6 is 0 Å². The molecule has 3 aromatic carbocycles. The molecule has 0 spiro atoms. The SMILES string of the molecule is O=C(O)[C@@H]1C[C@H](OCCC#Cc2ccc(F)cc2)CCN1C(=O)C(c1ccccc1)c1ccccc1. The molecule has 0 bridgehead atoms. The molecule has 4 rings (SSSR count). The zero-order valence-electron chi connectivity index (χ0n) is 19.8. The van der Waals surface area contributed by atoms with Crippen LogP contribution in [0.5, 0.6) is 0 Å². The average molecular weight is 486 g/mol. The summed E-state index contributed by atoms with van der Waals surface area (Å²) in [6.07, 6.45) is 0.980. The molecule has 184 valence electrons. The average Bonchev–Trinajstić information content (AvgIpc) is 2.91. The third-order valence-electron chi connectivity index (χ3n) is 6.29. The van der Waals surface area contributed by atoms with Gasteiger partial charge in [-0.1, -0.05) is 72.5 Å². The van der Waals surface area contributed by atoms with E-state index in [0.29, 0.717) is 26.0 Å². The lowest BCUT2D eigenvalue weighted by Crippen LogP contribution is -2.53. The van der Waals surface area contributed by atoms with E-state index >= 15 is 0 Å². The Bertz CT molecular complexity index is 1180. The second kappa shape index (κ2) is 12.1. The first kappa shape index (κ1) is 25.2. The maximum Gasteiger partial charge on any atom is 0.326 e. The minimum Gasteiger partial charge on any atom is -0.480 e.